The van der Waals surface area contributed by atoms with E-state index in [1.54, 1.807) is 6.92 Å². The van der Waals surface area contributed by atoms with Crippen LogP contribution in [0.3, 0.4) is 0 Å². The summed E-state index contributed by atoms with van der Waals surface area (Å²) in [4.78, 5) is 28.5. The van der Waals surface area contributed by atoms with Gasteiger partial charge in [0.05, 0.1) is 0 Å². The van der Waals surface area contributed by atoms with Crippen LogP contribution in [0.5, 0.6) is 0 Å². The van der Waals surface area contributed by atoms with Crippen LogP contribution in [0.1, 0.15) is 26.7 Å². The predicted octanol–water partition coefficient (Wildman–Crippen LogP) is -0.184. The summed E-state index contributed by atoms with van der Waals surface area (Å²) in [5, 5.41) is 2.75. The van der Waals surface area contributed by atoms with Crippen molar-refractivity contribution in [2.24, 2.45) is 5.92 Å². The molecule has 4 aliphatic rings. The Bertz CT molecular complexity index is 376. The van der Waals surface area contributed by atoms with Crippen LogP contribution >= 0.6 is 0 Å². The van der Waals surface area contributed by atoms with Crippen LogP contribution in [-0.4, -0.2) is 59.4 Å². The lowest BCUT2D eigenvalue weighted by atomic mass is 9.82. The molecule has 5 heteroatoms. The maximum atomic E-state index is 12.3. The van der Waals surface area contributed by atoms with Gasteiger partial charge in [-0.1, -0.05) is 0 Å². The Balaban J connectivity index is 1.85. The first-order chi connectivity index (χ1) is 8.58. The van der Waals surface area contributed by atoms with Gasteiger partial charge in [-0.15, -0.1) is 0 Å². The Morgan fingerprint density at radius 3 is 2.39 bits per heavy atom. The number of rotatable bonds is 1. The highest BCUT2D eigenvalue weighted by molar-refractivity contribution is 5.96. The van der Waals surface area contributed by atoms with Gasteiger partial charge < -0.3 is 15.1 Å². The third-order valence-corrected chi connectivity index (χ3v) is 4.76. The van der Waals surface area contributed by atoms with Crippen LogP contribution in [0, 0.1) is 5.92 Å². The molecule has 4 saturated heterocycles. The van der Waals surface area contributed by atoms with E-state index in [1.807, 2.05) is 11.8 Å². The molecule has 3 unspecified atom stereocenters. The number of hydrogen-bond acceptors (Lipinski definition) is 3. The highest BCUT2D eigenvalue weighted by Gasteiger charge is 2.45. The van der Waals surface area contributed by atoms with Crippen molar-refractivity contribution in [1.82, 2.24) is 15.1 Å². The fraction of sp³-hybridized carbons (Fsp3) is 0.846. The molecule has 0 aromatic rings. The van der Waals surface area contributed by atoms with Crippen LogP contribution in [0.25, 0.3) is 0 Å². The SMILES string of the molecule is CC1NC(=O)C(C)N(C2CN3CCC2CC3)C1=O. The average Bonchev–Trinajstić information content (AvgIpc) is 2.38. The standard InChI is InChI=1S/C13H21N3O2/c1-8-13(18)16(9(2)12(17)14-8)11-7-15-5-3-10(11)4-6-15/h8-11H,3-7H2,1-2H3,(H,14,17). The van der Waals surface area contributed by atoms with Gasteiger partial charge >= 0.3 is 0 Å². The number of piperazine rings is 1. The summed E-state index contributed by atoms with van der Waals surface area (Å²) in [5.41, 5.74) is 0. The molecule has 4 fully saturated rings. The molecule has 2 bridgehead atoms. The number of fused-ring (bicyclic) bond motifs is 3. The molecule has 1 N–H and O–H groups in total. The van der Waals surface area contributed by atoms with E-state index in [0.29, 0.717) is 5.92 Å². The van der Waals surface area contributed by atoms with E-state index in [2.05, 4.69) is 10.2 Å². The number of nitrogens with one attached hydrogen (secondary N) is 1. The Hall–Kier alpha value is -1.10. The van der Waals surface area contributed by atoms with Crippen molar-refractivity contribution < 1.29 is 9.59 Å². The van der Waals surface area contributed by atoms with Gasteiger partial charge in [0.2, 0.25) is 11.8 Å². The molecule has 0 aromatic heterocycles. The lowest BCUT2D eigenvalue weighted by molar-refractivity contribution is -0.155. The fourth-order valence-corrected chi connectivity index (χ4v) is 3.64. The van der Waals surface area contributed by atoms with Gasteiger partial charge in [-0.3, -0.25) is 9.59 Å². The molecule has 4 aliphatic heterocycles. The van der Waals surface area contributed by atoms with E-state index in [4.69, 9.17) is 0 Å². The van der Waals surface area contributed by atoms with Gasteiger partial charge in [-0.2, -0.15) is 0 Å². The summed E-state index contributed by atoms with van der Waals surface area (Å²) in [7, 11) is 0. The monoisotopic (exact) mass is 251 g/mol. The van der Waals surface area contributed by atoms with Crippen molar-refractivity contribution >= 4 is 11.8 Å². The summed E-state index contributed by atoms with van der Waals surface area (Å²) in [5.74, 6) is 0.652. The van der Waals surface area contributed by atoms with Gasteiger partial charge in [0.1, 0.15) is 12.1 Å². The number of piperidine rings is 3. The molecule has 2 amide bonds. The first-order valence-corrected chi connectivity index (χ1v) is 6.93. The summed E-state index contributed by atoms with van der Waals surface area (Å²) in [6.07, 6.45) is 2.33. The van der Waals surface area contributed by atoms with Gasteiger partial charge in [0, 0.05) is 12.6 Å². The van der Waals surface area contributed by atoms with E-state index >= 15 is 0 Å². The van der Waals surface area contributed by atoms with E-state index in [0.717, 1.165) is 32.5 Å². The molecule has 18 heavy (non-hydrogen) atoms. The lowest BCUT2D eigenvalue weighted by Gasteiger charge is -2.52. The van der Waals surface area contributed by atoms with E-state index in [-0.39, 0.29) is 29.9 Å². The maximum Gasteiger partial charge on any atom is 0.245 e. The first kappa shape index (κ1) is 12.0. The van der Waals surface area contributed by atoms with Crippen molar-refractivity contribution in [3.05, 3.63) is 0 Å². The molecule has 0 radical (unpaired) electrons. The molecule has 0 spiro atoms. The number of carbonyl (C=O) groups is 2. The van der Waals surface area contributed by atoms with E-state index in [1.165, 1.54) is 0 Å². The third kappa shape index (κ3) is 1.72. The largest absolute Gasteiger partial charge is 0.343 e. The minimum absolute atomic E-state index is 0.0152. The Kier molecular flexibility index (Phi) is 2.81. The highest BCUT2D eigenvalue weighted by atomic mass is 16.2. The van der Waals surface area contributed by atoms with Gasteiger partial charge in [0.25, 0.3) is 0 Å². The van der Waals surface area contributed by atoms with Crippen LogP contribution in [0.2, 0.25) is 0 Å². The fourth-order valence-electron chi connectivity index (χ4n) is 3.64. The zero-order valence-electron chi connectivity index (χ0n) is 11.1. The molecule has 0 aromatic carbocycles. The van der Waals surface area contributed by atoms with Crippen molar-refractivity contribution in [3.8, 4) is 0 Å². The van der Waals surface area contributed by atoms with Gasteiger partial charge in [-0.25, -0.2) is 0 Å². The molecule has 100 valence electrons. The molecule has 0 aliphatic carbocycles. The van der Waals surface area contributed by atoms with Gasteiger partial charge in [-0.05, 0) is 45.7 Å². The second-order valence-corrected chi connectivity index (χ2v) is 5.86. The molecular formula is C13H21N3O2. The normalized spacial score (nSPS) is 44.1. The third-order valence-electron chi connectivity index (χ3n) is 4.76. The second kappa shape index (κ2) is 4.23. The Labute approximate surface area is 107 Å². The van der Waals surface area contributed by atoms with E-state index < -0.39 is 0 Å². The molecule has 3 atom stereocenters. The van der Waals surface area contributed by atoms with Crippen LogP contribution < -0.4 is 5.32 Å². The number of nitrogens with zero attached hydrogens (tertiary/aromatic N) is 2. The zero-order chi connectivity index (χ0) is 12.9. The quantitative estimate of drug-likeness (QED) is 0.703. The summed E-state index contributed by atoms with van der Waals surface area (Å²) >= 11 is 0. The Morgan fingerprint density at radius 1 is 1.17 bits per heavy atom. The Morgan fingerprint density at radius 2 is 1.83 bits per heavy atom. The minimum Gasteiger partial charge on any atom is -0.343 e. The summed E-state index contributed by atoms with van der Waals surface area (Å²) < 4.78 is 0. The lowest BCUT2D eigenvalue weighted by Crippen LogP contribution is -2.69. The van der Waals surface area contributed by atoms with Crippen LogP contribution in [-0.2, 0) is 9.59 Å². The summed E-state index contributed by atoms with van der Waals surface area (Å²) in [6.45, 7) is 6.87. The molecular weight excluding hydrogens is 230 g/mol. The second-order valence-electron chi connectivity index (χ2n) is 5.86. The smallest absolute Gasteiger partial charge is 0.245 e. The molecule has 5 nitrogen and oxygen atoms in total. The van der Waals surface area contributed by atoms with Crippen LogP contribution in [0.15, 0.2) is 0 Å². The number of amides is 2. The van der Waals surface area contributed by atoms with Crippen molar-refractivity contribution in [1.29, 1.82) is 0 Å². The van der Waals surface area contributed by atoms with Crippen molar-refractivity contribution in [2.75, 3.05) is 19.6 Å². The number of hydrogen-bond donors (Lipinski definition) is 1. The predicted molar refractivity (Wildman–Crippen MR) is 66.9 cm³/mol. The molecule has 4 heterocycles. The first-order valence-electron chi connectivity index (χ1n) is 6.93. The van der Waals surface area contributed by atoms with Gasteiger partial charge in [0.15, 0.2) is 0 Å². The van der Waals surface area contributed by atoms with Crippen molar-refractivity contribution in [2.45, 2.75) is 44.8 Å². The highest BCUT2D eigenvalue weighted by Crippen LogP contribution is 2.33. The maximum absolute atomic E-state index is 12.3. The average molecular weight is 251 g/mol. The topological polar surface area (TPSA) is 52.7 Å². The zero-order valence-corrected chi connectivity index (χ0v) is 11.1. The number of carbonyl (C=O) groups excluding carboxylic acids is 2. The van der Waals surface area contributed by atoms with E-state index in [9.17, 15) is 9.59 Å². The summed E-state index contributed by atoms with van der Waals surface area (Å²) in [6, 6.07) is -0.452. The molecule has 4 rings (SSSR count). The van der Waals surface area contributed by atoms with Crippen molar-refractivity contribution in [3.63, 3.8) is 0 Å². The minimum atomic E-state index is -0.371. The molecule has 0 saturated carbocycles. The van der Waals surface area contributed by atoms with Crippen LogP contribution in [0.4, 0.5) is 0 Å².